The highest BCUT2D eigenvalue weighted by Gasteiger charge is 2.42. The second-order valence-corrected chi connectivity index (χ2v) is 7.44. The summed E-state index contributed by atoms with van der Waals surface area (Å²) in [6.07, 6.45) is -1.31. The number of fused-ring (bicyclic) bond motifs is 1. The van der Waals surface area contributed by atoms with Crippen LogP contribution in [0, 0.1) is 6.92 Å². The SMILES string of the molecule is Cc1ccc2c(c1)C(=O)N(C(C)C(=O)OC(C)C(=O)NC(=O)NCc1ccccc1)C2=O. The van der Waals surface area contributed by atoms with Crippen LogP contribution >= 0.6 is 0 Å². The summed E-state index contributed by atoms with van der Waals surface area (Å²) in [5.74, 6) is -2.99. The first-order valence-corrected chi connectivity index (χ1v) is 10.0. The number of benzene rings is 2. The van der Waals surface area contributed by atoms with Gasteiger partial charge in [0, 0.05) is 6.54 Å². The standard InChI is InChI=1S/C23H23N3O6/c1-13-9-10-17-18(11-13)21(29)26(20(17)28)14(2)22(30)32-15(3)19(27)25-23(31)24-12-16-7-5-4-6-8-16/h4-11,14-15H,12H2,1-3H3,(H2,24,25,27,31). The number of ether oxygens (including phenoxy) is 1. The van der Waals surface area contributed by atoms with Crippen LogP contribution in [-0.4, -0.2) is 46.8 Å². The molecule has 2 atom stereocenters. The topological polar surface area (TPSA) is 122 Å². The van der Waals surface area contributed by atoms with Crippen molar-refractivity contribution in [1.29, 1.82) is 0 Å². The maximum absolute atomic E-state index is 12.6. The number of nitrogens with zero attached hydrogens (tertiary/aromatic N) is 1. The number of aryl methyl sites for hydroxylation is 1. The van der Waals surface area contributed by atoms with Crippen LogP contribution in [0.15, 0.2) is 48.5 Å². The van der Waals surface area contributed by atoms with Crippen molar-refractivity contribution in [2.24, 2.45) is 0 Å². The van der Waals surface area contributed by atoms with Gasteiger partial charge in [0.05, 0.1) is 11.1 Å². The van der Waals surface area contributed by atoms with Gasteiger partial charge < -0.3 is 10.1 Å². The Morgan fingerprint density at radius 2 is 1.62 bits per heavy atom. The van der Waals surface area contributed by atoms with Gasteiger partial charge in [-0.1, -0.05) is 42.0 Å². The molecular formula is C23H23N3O6. The average Bonchev–Trinajstić information content (AvgIpc) is 3.01. The van der Waals surface area contributed by atoms with E-state index >= 15 is 0 Å². The minimum absolute atomic E-state index is 0.209. The van der Waals surface area contributed by atoms with Gasteiger partial charge in [0.15, 0.2) is 6.10 Å². The van der Waals surface area contributed by atoms with Crippen LogP contribution in [0.25, 0.3) is 0 Å². The molecule has 9 nitrogen and oxygen atoms in total. The molecule has 5 amide bonds. The van der Waals surface area contributed by atoms with Gasteiger partial charge in [-0.05, 0) is 38.5 Å². The van der Waals surface area contributed by atoms with Crippen LogP contribution in [-0.2, 0) is 20.9 Å². The number of carbonyl (C=O) groups excluding carboxylic acids is 5. The highest BCUT2D eigenvalue weighted by molar-refractivity contribution is 6.22. The van der Waals surface area contributed by atoms with Crippen molar-refractivity contribution in [3.63, 3.8) is 0 Å². The molecule has 1 aliphatic rings. The zero-order valence-corrected chi connectivity index (χ0v) is 17.9. The first kappa shape index (κ1) is 22.7. The summed E-state index contributed by atoms with van der Waals surface area (Å²) in [5, 5.41) is 4.61. The molecule has 0 fully saturated rings. The fourth-order valence-electron chi connectivity index (χ4n) is 3.19. The van der Waals surface area contributed by atoms with E-state index in [-0.39, 0.29) is 17.7 Å². The molecule has 0 saturated heterocycles. The Balaban J connectivity index is 1.54. The third-order valence-electron chi connectivity index (χ3n) is 5.00. The molecule has 0 bridgehead atoms. The number of hydrogen-bond donors (Lipinski definition) is 2. The van der Waals surface area contributed by atoms with Crippen molar-refractivity contribution in [3.8, 4) is 0 Å². The first-order chi connectivity index (χ1) is 15.2. The lowest BCUT2D eigenvalue weighted by Crippen LogP contribution is -2.48. The number of esters is 1. The first-order valence-electron chi connectivity index (χ1n) is 10.0. The Hall–Kier alpha value is -4.01. The van der Waals surface area contributed by atoms with Crippen LogP contribution < -0.4 is 10.6 Å². The normalized spacial score (nSPS) is 14.4. The van der Waals surface area contributed by atoms with Gasteiger partial charge in [-0.3, -0.25) is 24.6 Å². The van der Waals surface area contributed by atoms with Crippen LogP contribution in [0.5, 0.6) is 0 Å². The molecule has 1 aliphatic heterocycles. The van der Waals surface area contributed by atoms with Crippen LogP contribution in [0.3, 0.4) is 0 Å². The molecule has 0 saturated carbocycles. The average molecular weight is 437 g/mol. The fraction of sp³-hybridized carbons (Fsp3) is 0.261. The Bertz CT molecular complexity index is 1080. The van der Waals surface area contributed by atoms with Crippen molar-refractivity contribution >= 4 is 29.7 Å². The lowest BCUT2D eigenvalue weighted by Gasteiger charge is -2.22. The monoisotopic (exact) mass is 437 g/mol. The third-order valence-corrected chi connectivity index (χ3v) is 5.00. The summed E-state index contributed by atoms with van der Waals surface area (Å²) < 4.78 is 5.09. The minimum Gasteiger partial charge on any atom is -0.451 e. The molecule has 3 rings (SSSR count). The summed E-state index contributed by atoms with van der Waals surface area (Å²) in [4.78, 5) is 62.6. The van der Waals surface area contributed by atoms with Gasteiger partial charge in [-0.15, -0.1) is 0 Å². The van der Waals surface area contributed by atoms with Crippen molar-refractivity contribution in [2.45, 2.75) is 39.5 Å². The predicted octanol–water partition coefficient (Wildman–Crippen LogP) is 1.94. The zero-order valence-electron chi connectivity index (χ0n) is 17.9. The summed E-state index contributed by atoms with van der Waals surface area (Å²) in [6, 6.07) is 11.9. The second kappa shape index (κ2) is 9.42. The zero-order chi connectivity index (χ0) is 23.4. The van der Waals surface area contributed by atoms with E-state index in [4.69, 9.17) is 4.74 Å². The van der Waals surface area contributed by atoms with Gasteiger partial charge in [-0.2, -0.15) is 0 Å². The van der Waals surface area contributed by atoms with Crippen molar-refractivity contribution < 1.29 is 28.7 Å². The molecule has 2 N–H and O–H groups in total. The van der Waals surface area contributed by atoms with E-state index in [1.807, 2.05) is 30.3 Å². The summed E-state index contributed by atoms with van der Waals surface area (Å²) in [6.45, 7) is 4.63. The summed E-state index contributed by atoms with van der Waals surface area (Å²) >= 11 is 0. The minimum atomic E-state index is -1.31. The van der Waals surface area contributed by atoms with E-state index < -0.39 is 41.9 Å². The number of imide groups is 2. The van der Waals surface area contributed by atoms with E-state index in [0.717, 1.165) is 16.0 Å². The Morgan fingerprint density at radius 1 is 0.969 bits per heavy atom. The number of nitrogens with one attached hydrogen (secondary N) is 2. The largest absolute Gasteiger partial charge is 0.451 e. The van der Waals surface area contributed by atoms with E-state index in [1.165, 1.54) is 19.9 Å². The molecule has 9 heteroatoms. The maximum atomic E-state index is 12.6. The van der Waals surface area contributed by atoms with Gasteiger partial charge in [-0.25, -0.2) is 9.59 Å². The Kier molecular flexibility index (Phi) is 6.67. The molecule has 1 heterocycles. The Morgan fingerprint density at radius 3 is 2.31 bits per heavy atom. The van der Waals surface area contributed by atoms with Crippen molar-refractivity contribution in [1.82, 2.24) is 15.5 Å². The van der Waals surface area contributed by atoms with Crippen molar-refractivity contribution in [2.75, 3.05) is 0 Å². The number of urea groups is 1. The summed E-state index contributed by atoms with van der Waals surface area (Å²) in [7, 11) is 0. The Labute approximate surface area is 184 Å². The number of hydrogen-bond acceptors (Lipinski definition) is 6. The van der Waals surface area contributed by atoms with Gasteiger partial charge in [0.2, 0.25) is 0 Å². The molecule has 2 aromatic carbocycles. The fourth-order valence-corrected chi connectivity index (χ4v) is 3.19. The van der Waals surface area contributed by atoms with Crippen LogP contribution in [0.2, 0.25) is 0 Å². The molecule has 0 aromatic heterocycles. The molecule has 0 spiro atoms. The van der Waals surface area contributed by atoms with Crippen LogP contribution in [0.1, 0.15) is 45.7 Å². The molecular weight excluding hydrogens is 414 g/mol. The van der Waals surface area contributed by atoms with Gasteiger partial charge in [0.25, 0.3) is 17.7 Å². The second-order valence-electron chi connectivity index (χ2n) is 7.44. The number of amides is 5. The number of carbonyl (C=O) groups is 5. The van der Waals surface area contributed by atoms with E-state index in [0.29, 0.717) is 0 Å². The lowest BCUT2D eigenvalue weighted by atomic mass is 10.1. The highest BCUT2D eigenvalue weighted by atomic mass is 16.5. The van der Waals surface area contributed by atoms with E-state index in [9.17, 15) is 24.0 Å². The lowest BCUT2D eigenvalue weighted by molar-refractivity contribution is -0.157. The van der Waals surface area contributed by atoms with E-state index in [1.54, 1.807) is 19.1 Å². The molecule has 32 heavy (non-hydrogen) atoms. The maximum Gasteiger partial charge on any atom is 0.329 e. The molecule has 2 unspecified atom stereocenters. The quantitative estimate of drug-likeness (QED) is 0.526. The summed E-state index contributed by atoms with van der Waals surface area (Å²) in [5.41, 5.74) is 2.08. The molecule has 166 valence electrons. The molecule has 2 aromatic rings. The third kappa shape index (κ3) is 4.83. The smallest absolute Gasteiger partial charge is 0.329 e. The molecule has 0 aliphatic carbocycles. The highest BCUT2D eigenvalue weighted by Crippen LogP contribution is 2.26. The van der Waals surface area contributed by atoms with Crippen LogP contribution in [0.4, 0.5) is 4.79 Å². The van der Waals surface area contributed by atoms with Gasteiger partial charge >= 0.3 is 12.0 Å². The predicted molar refractivity (Wildman–Crippen MR) is 114 cm³/mol. The van der Waals surface area contributed by atoms with Gasteiger partial charge in [0.1, 0.15) is 6.04 Å². The van der Waals surface area contributed by atoms with E-state index in [2.05, 4.69) is 10.6 Å². The number of rotatable bonds is 6. The van der Waals surface area contributed by atoms with Crippen molar-refractivity contribution in [3.05, 3.63) is 70.8 Å². The molecule has 0 radical (unpaired) electrons.